The summed E-state index contributed by atoms with van der Waals surface area (Å²) < 4.78 is 25.8. The number of hydrogen-bond acceptors (Lipinski definition) is 4. The van der Waals surface area contributed by atoms with Crippen LogP contribution in [0.3, 0.4) is 0 Å². The Hall–Kier alpha value is -0.170. The molecule has 0 aromatic carbocycles. The Kier molecular flexibility index (Phi) is 8.77. The number of rotatable bonds is 10. The molecular formula is C12H28N2O3S. The number of aliphatic hydroxyl groups is 1. The Labute approximate surface area is 112 Å². The van der Waals surface area contributed by atoms with E-state index in [1.54, 1.807) is 0 Å². The highest BCUT2D eigenvalue weighted by Crippen LogP contribution is 2.09. The molecule has 0 aliphatic heterocycles. The largest absolute Gasteiger partial charge is 0.396 e. The minimum Gasteiger partial charge on any atom is -0.396 e. The summed E-state index contributed by atoms with van der Waals surface area (Å²) in [6.07, 6.45) is 1.10. The second-order valence-electron chi connectivity index (χ2n) is 5.06. The van der Waals surface area contributed by atoms with Crippen molar-refractivity contribution in [3.63, 3.8) is 0 Å². The van der Waals surface area contributed by atoms with E-state index in [0.29, 0.717) is 32.0 Å². The number of sulfonamides is 1. The van der Waals surface area contributed by atoms with E-state index in [0.717, 1.165) is 0 Å². The average molecular weight is 280 g/mol. The zero-order valence-corrected chi connectivity index (χ0v) is 12.8. The highest BCUT2D eigenvalue weighted by Gasteiger charge is 2.23. The van der Waals surface area contributed by atoms with Crippen LogP contribution in [0.1, 0.15) is 40.5 Å². The first-order valence-electron chi connectivity index (χ1n) is 6.65. The first-order valence-corrected chi connectivity index (χ1v) is 8.26. The smallest absolute Gasteiger partial charge is 0.214 e. The van der Waals surface area contributed by atoms with Gasteiger partial charge in [0, 0.05) is 25.2 Å². The third kappa shape index (κ3) is 7.31. The Bertz CT molecular complexity index is 302. The summed E-state index contributed by atoms with van der Waals surface area (Å²) in [4.78, 5) is 0. The molecule has 0 saturated heterocycles. The van der Waals surface area contributed by atoms with E-state index in [1.165, 1.54) is 4.31 Å². The summed E-state index contributed by atoms with van der Waals surface area (Å²) >= 11 is 0. The lowest BCUT2D eigenvalue weighted by Gasteiger charge is -2.25. The van der Waals surface area contributed by atoms with Crippen LogP contribution in [0, 0.1) is 0 Å². The van der Waals surface area contributed by atoms with Crippen molar-refractivity contribution in [2.75, 3.05) is 25.4 Å². The van der Waals surface area contributed by atoms with Gasteiger partial charge >= 0.3 is 0 Å². The first kappa shape index (κ1) is 17.8. The number of nitrogens with one attached hydrogen (secondary N) is 1. The lowest BCUT2D eigenvalue weighted by molar-refractivity contribution is 0.258. The molecule has 0 fully saturated rings. The van der Waals surface area contributed by atoms with E-state index < -0.39 is 10.0 Å². The van der Waals surface area contributed by atoms with Gasteiger partial charge in [-0.05, 0) is 33.2 Å². The second-order valence-corrected chi connectivity index (χ2v) is 7.10. The molecule has 0 aromatic heterocycles. The molecular weight excluding hydrogens is 252 g/mol. The van der Waals surface area contributed by atoms with Gasteiger partial charge in [-0.25, -0.2) is 8.42 Å². The Morgan fingerprint density at radius 3 is 2.22 bits per heavy atom. The third-order valence-electron chi connectivity index (χ3n) is 2.60. The SMILES string of the molecule is CC(C)NCCCS(=O)(=O)N(CCCO)C(C)C. The monoisotopic (exact) mass is 280 g/mol. The lowest BCUT2D eigenvalue weighted by atomic mass is 10.3. The van der Waals surface area contributed by atoms with Crippen molar-refractivity contribution in [1.82, 2.24) is 9.62 Å². The van der Waals surface area contributed by atoms with Gasteiger partial charge < -0.3 is 10.4 Å². The van der Waals surface area contributed by atoms with Gasteiger partial charge in [-0.3, -0.25) is 0 Å². The second kappa shape index (κ2) is 8.85. The fourth-order valence-corrected chi connectivity index (χ4v) is 3.50. The van der Waals surface area contributed by atoms with Crippen LogP contribution in [0.2, 0.25) is 0 Å². The van der Waals surface area contributed by atoms with Crippen molar-refractivity contribution < 1.29 is 13.5 Å². The van der Waals surface area contributed by atoms with Crippen LogP contribution in [-0.2, 0) is 10.0 Å². The van der Waals surface area contributed by atoms with E-state index in [9.17, 15) is 8.42 Å². The van der Waals surface area contributed by atoms with Gasteiger partial charge in [-0.2, -0.15) is 4.31 Å². The van der Waals surface area contributed by atoms with E-state index in [4.69, 9.17) is 5.11 Å². The van der Waals surface area contributed by atoms with Crippen LogP contribution in [0.25, 0.3) is 0 Å². The molecule has 0 saturated carbocycles. The number of aliphatic hydroxyl groups excluding tert-OH is 1. The molecule has 0 heterocycles. The maximum Gasteiger partial charge on any atom is 0.214 e. The summed E-state index contributed by atoms with van der Waals surface area (Å²) in [7, 11) is -3.21. The standard InChI is InChI=1S/C12H28N2O3S/c1-11(2)13-7-5-10-18(16,17)14(12(3)4)8-6-9-15/h11-13,15H,5-10H2,1-4H3. The van der Waals surface area contributed by atoms with Gasteiger partial charge in [-0.1, -0.05) is 13.8 Å². The van der Waals surface area contributed by atoms with Crippen LogP contribution in [0.4, 0.5) is 0 Å². The summed E-state index contributed by atoms with van der Waals surface area (Å²) in [5.41, 5.74) is 0. The Morgan fingerprint density at radius 1 is 1.17 bits per heavy atom. The molecule has 0 amide bonds. The molecule has 6 heteroatoms. The fraction of sp³-hybridized carbons (Fsp3) is 1.00. The minimum absolute atomic E-state index is 0.0215. The highest BCUT2D eigenvalue weighted by molar-refractivity contribution is 7.89. The first-order chi connectivity index (χ1) is 8.31. The summed E-state index contributed by atoms with van der Waals surface area (Å²) in [6, 6.07) is 0.322. The van der Waals surface area contributed by atoms with Crippen molar-refractivity contribution in [3.05, 3.63) is 0 Å². The van der Waals surface area contributed by atoms with Gasteiger partial charge in [0.1, 0.15) is 0 Å². The van der Waals surface area contributed by atoms with E-state index in [2.05, 4.69) is 5.32 Å². The molecule has 0 aliphatic carbocycles. The zero-order valence-electron chi connectivity index (χ0n) is 12.0. The lowest BCUT2D eigenvalue weighted by Crippen LogP contribution is -2.40. The topological polar surface area (TPSA) is 69.6 Å². The molecule has 0 aliphatic rings. The van der Waals surface area contributed by atoms with Crippen LogP contribution in [0.5, 0.6) is 0 Å². The van der Waals surface area contributed by atoms with Crippen LogP contribution in [-0.4, -0.2) is 55.4 Å². The van der Waals surface area contributed by atoms with Crippen LogP contribution in [0.15, 0.2) is 0 Å². The van der Waals surface area contributed by atoms with Crippen molar-refractivity contribution >= 4 is 10.0 Å². The van der Waals surface area contributed by atoms with E-state index >= 15 is 0 Å². The van der Waals surface area contributed by atoms with E-state index in [1.807, 2.05) is 27.7 Å². The molecule has 0 bridgehead atoms. The summed E-state index contributed by atoms with van der Waals surface area (Å²) in [5.74, 6) is 0.163. The van der Waals surface area contributed by atoms with Crippen LogP contribution < -0.4 is 5.32 Å². The molecule has 2 N–H and O–H groups in total. The maximum atomic E-state index is 12.1. The van der Waals surface area contributed by atoms with Gasteiger partial charge in [0.15, 0.2) is 0 Å². The normalized spacial score (nSPS) is 12.9. The average Bonchev–Trinajstić information content (AvgIpc) is 2.24. The van der Waals surface area contributed by atoms with Crippen molar-refractivity contribution in [2.45, 2.75) is 52.6 Å². The van der Waals surface area contributed by atoms with Crippen molar-refractivity contribution in [2.24, 2.45) is 0 Å². The Balaban J connectivity index is 4.28. The molecule has 5 nitrogen and oxygen atoms in total. The third-order valence-corrected chi connectivity index (χ3v) is 4.72. The molecule has 0 spiro atoms. The summed E-state index contributed by atoms with van der Waals surface area (Å²) in [5, 5.41) is 12.0. The van der Waals surface area contributed by atoms with E-state index in [-0.39, 0.29) is 18.4 Å². The van der Waals surface area contributed by atoms with Crippen molar-refractivity contribution in [3.8, 4) is 0 Å². The predicted molar refractivity (Wildman–Crippen MR) is 75.1 cm³/mol. The van der Waals surface area contributed by atoms with Crippen molar-refractivity contribution in [1.29, 1.82) is 0 Å². The molecule has 0 atom stereocenters. The molecule has 0 radical (unpaired) electrons. The molecule has 0 unspecified atom stereocenters. The quantitative estimate of drug-likeness (QED) is 0.581. The number of hydrogen-bond donors (Lipinski definition) is 2. The fourth-order valence-electron chi connectivity index (χ4n) is 1.71. The van der Waals surface area contributed by atoms with Gasteiger partial charge in [0.2, 0.25) is 10.0 Å². The summed E-state index contributed by atoms with van der Waals surface area (Å²) in [6.45, 7) is 8.93. The molecule has 0 aromatic rings. The predicted octanol–water partition coefficient (Wildman–Crippen LogP) is 0.797. The minimum atomic E-state index is -3.21. The van der Waals surface area contributed by atoms with Gasteiger partial charge in [0.05, 0.1) is 5.75 Å². The highest BCUT2D eigenvalue weighted by atomic mass is 32.2. The van der Waals surface area contributed by atoms with Gasteiger partial charge in [-0.15, -0.1) is 0 Å². The zero-order chi connectivity index (χ0) is 14.2. The molecule has 18 heavy (non-hydrogen) atoms. The van der Waals surface area contributed by atoms with Crippen LogP contribution >= 0.6 is 0 Å². The number of nitrogens with zero attached hydrogens (tertiary/aromatic N) is 1. The molecule has 110 valence electrons. The Morgan fingerprint density at radius 2 is 1.78 bits per heavy atom. The maximum absolute atomic E-state index is 12.1. The molecule has 0 rings (SSSR count). The van der Waals surface area contributed by atoms with Gasteiger partial charge in [0.25, 0.3) is 0 Å².